The Hall–Kier alpha value is -0.900. The van der Waals surface area contributed by atoms with Crippen molar-refractivity contribution < 1.29 is 0 Å². The lowest BCUT2D eigenvalue weighted by Crippen LogP contribution is -2.22. The fourth-order valence-electron chi connectivity index (χ4n) is 1.60. The van der Waals surface area contributed by atoms with Crippen molar-refractivity contribution in [3.63, 3.8) is 0 Å². The normalized spacial score (nSPS) is 16.2. The van der Waals surface area contributed by atoms with Crippen LogP contribution in [0, 0.1) is 11.8 Å². The first-order valence-corrected chi connectivity index (χ1v) is 5.83. The van der Waals surface area contributed by atoms with Crippen molar-refractivity contribution in [1.29, 1.82) is 0 Å². The molecule has 4 heteroatoms. The van der Waals surface area contributed by atoms with Gasteiger partial charge >= 0.3 is 0 Å². The minimum atomic E-state index is 0.685. The largest absolute Gasteiger partial charge is 0.310 e. The molecule has 1 heterocycles. The predicted octanol–water partition coefficient (Wildman–Crippen LogP) is 1.43. The van der Waals surface area contributed by atoms with E-state index in [9.17, 15) is 0 Å². The highest BCUT2D eigenvalue weighted by molar-refractivity contribution is 4.86. The summed E-state index contributed by atoms with van der Waals surface area (Å²) in [6, 6.07) is 0. The number of aromatic nitrogens is 3. The van der Waals surface area contributed by atoms with Gasteiger partial charge in [0, 0.05) is 6.54 Å². The third-order valence-corrected chi connectivity index (χ3v) is 2.66. The highest BCUT2D eigenvalue weighted by Gasteiger charge is 2.23. The Balaban J connectivity index is 1.81. The Labute approximate surface area is 91.1 Å². The first-order valence-electron chi connectivity index (χ1n) is 5.83. The third-order valence-electron chi connectivity index (χ3n) is 2.66. The van der Waals surface area contributed by atoms with Gasteiger partial charge in [0.05, 0.1) is 6.54 Å². The van der Waals surface area contributed by atoms with Gasteiger partial charge in [-0.05, 0) is 31.2 Å². The van der Waals surface area contributed by atoms with Crippen LogP contribution < -0.4 is 5.32 Å². The molecule has 1 aromatic rings. The second kappa shape index (κ2) is 4.75. The monoisotopic (exact) mass is 208 g/mol. The van der Waals surface area contributed by atoms with E-state index < -0.39 is 0 Å². The molecule has 1 aliphatic carbocycles. The van der Waals surface area contributed by atoms with Crippen LogP contribution in [0.4, 0.5) is 0 Å². The zero-order valence-corrected chi connectivity index (χ0v) is 9.61. The average Bonchev–Trinajstić information content (AvgIpc) is 2.87. The maximum absolute atomic E-state index is 4.28. The highest BCUT2D eigenvalue weighted by Crippen LogP contribution is 2.30. The van der Waals surface area contributed by atoms with Gasteiger partial charge in [0.2, 0.25) is 0 Å². The molecule has 1 aromatic heterocycles. The SMILES string of the molecule is CC(C)CNCc1ncnn1CC1CC1. The molecule has 0 aromatic carbocycles. The minimum Gasteiger partial charge on any atom is -0.310 e. The van der Waals surface area contributed by atoms with E-state index >= 15 is 0 Å². The van der Waals surface area contributed by atoms with E-state index in [-0.39, 0.29) is 0 Å². The molecule has 0 amide bonds. The Bertz CT molecular complexity index is 301. The standard InChI is InChI=1S/C11H20N4/c1-9(2)5-12-6-11-13-8-14-15(11)7-10-3-4-10/h8-10,12H,3-7H2,1-2H3. The second-order valence-corrected chi connectivity index (χ2v) is 4.83. The molecule has 0 spiro atoms. The van der Waals surface area contributed by atoms with Crippen LogP contribution in [0.25, 0.3) is 0 Å². The van der Waals surface area contributed by atoms with E-state index in [0.717, 1.165) is 31.4 Å². The summed E-state index contributed by atoms with van der Waals surface area (Å²) < 4.78 is 2.05. The lowest BCUT2D eigenvalue weighted by Gasteiger charge is -2.08. The summed E-state index contributed by atoms with van der Waals surface area (Å²) in [5.74, 6) is 2.61. The smallest absolute Gasteiger partial charge is 0.140 e. The highest BCUT2D eigenvalue weighted by atomic mass is 15.3. The van der Waals surface area contributed by atoms with Crippen LogP contribution in [0.5, 0.6) is 0 Å². The first-order chi connectivity index (χ1) is 7.25. The molecule has 0 unspecified atom stereocenters. The molecule has 0 saturated heterocycles. The number of nitrogens with one attached hydrogen (secondary N) is 1. The quantitative estimate of drug-likeness (QED) is 0.769. The Kier molecular flexibility index (Phi) is 3.36. The fourth-order valence-corrected chi connectivity index (χ4v) is 1.60. The maximum Gasteiger partial charge on any atom is 0.140 e. The van der Waals surface area contributed by atoms with Crippen LogP contribution in [0.1, 0.15) is 32.5 Å². The number of rotatable bonds is 6. The Morgan fingerprint density at radius 3 is 3.00 bits per heavy atom. The van der Waals surface area contributed by atoms with E-state index in [1.54, 1.807) is 6.33 Å². The van der Waals surface area contributed by atoms with Crippen molar-refractivity contribution in [3.8, 4) is 0 Å². The van der Waals surface area contributed by atoms with E-state index in [2.05, 4.69) is 29.2 Å². The molecule has 1 aliphatic rings. The Morgan fingerprint density at radius 2 is 2.33 bits per heavy atom. The van der Waals surface area contributed by atoms with Crippen LogP contribution in [-0.4, -0.2) is 21.3 Å². The lowest BCUT2D eigenvalue weighted by molar-refractivity contribution is 0.495. The molecule has 4 nitrogen and oxygen atoms in total. The van der Waals surface area contributed by atoms with Gasteiger partial charge < -0.3 is 5.32 Å². The lowest BCUT2D eigenvalue weighted by atomic mass is 10.2. The average molecular weight is 208 g/mol. The molecule has 84 valence electrons. The van der Waals surface area contributed by atoms with Crippen LogP contribution in [0.15, 0.2) is 6.33 Å². The molecule has 1 saturated carbocycles. The second-order valence-electron chi connectivity index (χ2n) is 4.83. The first kappa shape index (κ1) is 10.6. The summed E-state index contributed by atoms with van der Waals surface area (Å²) >= 11 is 0. The van der Waals surface area contributed by atoms with Gasteiger partial charge in [-0.25, -0.2) is 9.67 Å². The zero-order chi connectivity index (χ0) is 10.7. The van der Waals surface area contributed by atoms with Crippen LogP contribution in [0.2, 0.25) is 0 Å². The predicted molar refractivity (Wildman–Crippen MR) is 59.3 cm³/mol. The van der Waals surface area contributed by atoms with Gasteiger partial charge in [0.15, 0.2) is 0 Å². The van der Waals surface area contributed by atoms with Crippen molar-refractivity contribution >= 4 is 0 Å². The molecule has 0 radical (unpaired) electrons. The summed E-state index contributed by atoms with van der Waals surface area (Å²) in [7, 11) is 0. The molecule has 15 heavy (non-hydrogen) atoms. The fraction of sp³-hybridized carbons (Fsp3) is 0.818. The molecule has 1 fully saturated rings. The summed E-state index contributed by atoms with van der Waals surface area (Å²) in [6.07, 6.45) is 4.38. The van der Waals surface area contributed by atoms with Gasteiger partial charge in [-0.15, -0.1) is 0 Å². The van der Waals surface area contributed by atoms with Crippen LogP contribution >= 0.6 is 0 Å². The van der Waals surface area contributed by atoms with Crippen LogP contribution in [-0.2, 0) is 13.1 Å². The Morgan fingerprint density at radius 1 is 1.53 bits per heavy atom. The third kappa shape index (κ3) is 3.30. The van der Waals surface area contributed by atoms with Crippen molar-refractivity contribution in [2.45, 2.75) is 39.8 Å². The van der Waals surface area contributed by atoms with E-state index in [1.807, 2.05) is 4.68 Å². The van der Waals surface area contributed by atoms with Gasteiger partial charge in [0.25, 0.3) is 0 Å². The van der Waals surface area contributed by atoms with E-state index in [1.165, 1.54) is 12.8 Å². The number of hydrogen-bond donors (Lipinski definition) is 1. The van der Waals surface area contributed by atoms with Gasteiger partial charge in [-0.2, -0.15) is 5.10 Å². The van der Waals surface area contributed by atoms with E-state index in [4.69, 9.17) is 0 Å². The van der Waals surface area contributed by atoms with Gasteiger partial charge in [0.1, 0.15) is 12.2 Å². The molecule has 0 bridgehead atoms. The zero-order valence-electron chi connectivity index (χ0n) is 9.61. The van der Waals surface area contributed by atoms with E-state index in [0.29, 0.717) is 5.92 Å². The van der Waals surface area contributed by atoms with Gasteiger partial charge in [-0.3, -0.25) is 0 Å². The van der Waals surface area contributed by atoms with Crippen LogP contribution in [0.3, 0.4) is 0 Å². The molecular weight excluding hydrogens is 188 g/mol. The summed E-state index contributed by atoms with van der Waals surface area (Å²) in [5.41, 5.74) is 0. The molecule has 0 atom stereocenters. The molecule has 1 N–H and O–H groups in total. The van der Waals surface area contributed by atoms with Gasteiger partial charge in [-0.1, -0.05) is 13.8 Å². The van der Waals surface area contributed by atoms with Crippen molar-refractivity contribution in [2.24, 2.45) is 11.8 Å². The summed E-state index contributed by atoms with van der Waals surface area (Å²) in [4.78, 5) is 4.28. The maximum atomic E-state index is 4.28. The topological polar surface area (TPSA) is 42.7 Å². The molecule has 0 aliphatic heterocycles. The molecular formula is C11H20N4. The van der Waals surface area contributed by atoms with Crippen molar-refractivity contribution in [1.82, 2.24) is 20.1 Å². The summed E-state index contributed by atoms with van der Waals surface area (Å²) in [5, 5.41) is 7.66. The van der Waals surface area contributed by atoms with Crippen molar-refractivity contribution in [2.75, 3.05) is 6.54 Å². The minimum absolute atomic E-state index is 0.685. The number of hydrogen-bond acceptors (Lipinski definition) is 3. The van der Waals surface area contributed by atoms with Crippen molar-refractivity contribution in [3.05, 3.63) is 12.2 Å². The number of nitrogens with zero attached hydrogens (tertiary/aromatic N) is 3. The summed E-state index contributed by atoms with van der Waals surface area (Å²) in [6.45, 7) is 7.35. The molecule has 2 rings (SSSR count).